The lowest BCUT2D eigenvalue weighted by molar-refractivity contribution is 0.0949. The van der Waals surface area contributed by atoms with Crippen LogP contribution < -0.4 is 16.1 Å². The van der Waals surface area contributed by atoms with Gasteiger partial charge in [0.2, 0.25) is 11.6 Å². The van der Waals surface area contributed by atoms with Crippen molar-refractivity contribution >= 4 is 34.4 Å². The molecule has 5 rings (SSSR count). The van der Waals surface area contributed by atoms with E-state index in [2.05, 4.69) is 31.2 Å². The summed E-state index contributed by atoms with van der Waals surface area (Å²) >= 11 is 0. The van der Waals surface area contributed by atoms with E-state index in [9.17, 15) is 4.79 Å². The molecule has 174 valence electrons. The van der Waals surface area contributed by atoms with Gasteiger partial charge in [-0.05, 0) is 33.2 Å². The largest absolute Gasteiger partial charge is 0.378 e. The number of benzene rings is 3. The number of nitrogens with two attached hydrogens (primary N) is 1. The SMILES string of the molecule is CN(Cc1c(C(=O)NN=Cc2cccc3ccccc23)nnn1-c1nonc1N)c1ccccc1. The van der Waals surface area contributed by atoms with Crippen molar-refractivity contribution in [3.05, 3.63) is 89.7 Å². The Kier molecular flexibility index (Phi) is 5.87. The molecule has 2 heterocycles. The summed E-state index contributed by atoms with van der Waals surface area (Å²) < 4.78 is 6.05. The third-order valence-corrected chi connectivity index (χ3v) is 5.45. The van der Waals surface area contributed by atoms with Crippen molar-refractivity contribution in [2.24, 2.45) is 5.10 Å². The lowest BCUT2D eigenvalue weighted by Crippen LogP contribution is -2.24. The summed E-state index contributed by atoms with van der Waals surface area (Å²) in [6, 6.07) is 23.5. The van der Waals surface area contributed by atoms with Crippen LogP contribution in [-0.4, -0.2) is 44.5 Å². The summed E-state index contributed by atoms with van der Waals surface area (Å²) in [5, 5.41) is 21.8. The number of para-hydroxylation sites is 1. The fraction of sp³-hybridized carbons (Fsp3) is 0.0833. The Morgan fingerprint density at radius 3 is 2.66 bits per heavy atom. The molecule has 0 saturated carbocycles. The van der Waals surface area contributed by atoms with Crippen LogP contribution in [0, 0.1) is 0 Å². The van der Waals surface area contributed by atoms with Gasteiger partial charge >= 0.3 is 0 Å². The lowest BCUT2D eigenvalue weighted by Gasteiger charge is -2.19. The van der Waals surface area contributed by atoms with Gasteiger partial charge in [0.1, 0.15) is 0 Å². The first-order valence-electron chi connectivity index (χ1n) is 10.7. The molecule has 0 aliphatic heterocycles. The predicted octanol–water partition coefficient (Wildman–Crippen LogP) is 2.79. The summed E-state index contributed by atoms with van der Waals surface area (Å²) in [5.74, 6) is -0.356. The minimum atomic E-state index is -0.528. The molecule has 0 aliphatic carbocycles. The molecule has 2 aromatic heterocycles. The Labute approximate surface area is 199 Å². The molecule has 5 aromatic rings. The molecule has 0 unspecified atom stereocenters. The molecule has 0 saturated heterocycles. The Balaban J connectivity index is 1.43. The van der Waals surface area contributed by atoms with Gasteiger partial charge in [-0.1, -0.05) is 65.9 Å². The van der Waals surface area contributed by atoms with Crippen molar-refractivity contribution in [1.82, 2.24) is 30.7 Å². The van der Waals surface area contributed by atoms with Crippen LogP contribution >= 0.6 is 0 Å². The van der Waals surface area contributed by atoms with Crippen LogP contribution in [0.15, 0.2) is 82.5 Å². The number of hydrogen-bond donors (Lipinski definition) is 2. The number of anilines is 2. The zero-order valence-electron chi connectivity index (χ0n) is 18.7. The van der Waals surface area contributed by atoms with Crippen molar-refractivity contribution in [2.45, 2.75) is 6.54 Å². The molecule has 0 radical (unpaired) electrons. The molecule has 11 nitrogen and oxygen atoms in total. The van der Waals surface area contributed by atoms with E-state index in [4.69, 9.17) is 10.4 Å². The van der Waals surface area contributed by atoms with Gasteiger partial charge in [0.15, 0.2) is 5.69 Å². The summed E-state index contributed by atoms with van der Waals surface area (Å²) in [4.78, 5) is 15.0. The Morgan fingerprint density at radius 2 is 1.86 bits per heavy atom. The highest BCUT2D eigenvalue weighted by Crippen LogP contribution is 2.21. The van der Waals surface area contributed by atoms with Crippen LogP contribution in [0.25, 0.3) is 16.6 Å². The lowest BCUT2D eigenvalue weighted by atomic mass is 10.1. The van der Waals surface area contributed by atoms with Crippen LogP contribution in [0.3, 0.4) is 0 Å². The van der Waals surface area contributed by atoms with Gasteiger partial charge in [-0.15, -0.1) is 5.10 Å². The molecule has 1 amide bonds. The number of carbonyl (C=O) groups is 1. The van der Waals surface area contributed by atoms with Crippen LogP contribution in [0.5, 0.6) is 0 Å². The minimum Gasteiger partial charge on any atom is -0.378 e. The van der Waals surface area contributed by atoms with Crippen LogP contribution in [0.1, 0.15) is 21.7 Å². The number of carbonyl (C=O) groups excluding carboxylic acids is 1. The van der Waals surface area contributed by atoms with Crippen molar-refractivity contribution in [3.63, 3.8) is 0 Å². The molecule has 35 heavy (non-hydrogen) atoms. The number of rotatable bonds is 7. The van der Waals surface area contributed by atoms with Crippen LogP contribution in [-0.2, 0) is 6.54 Å². The van der Waals surface area contributed by atoms with Gasteiger partial charge in [-0.25, -0.2) is 10.1 Å². The van der Waals surface area contributed by atoms with Gasteiger partial charge in [0.25, 0.3) is 5.91 Å². The molecule has 0 spiro atoms. The van der Waals surface area contributed by atoms with E-state index in [0.717, 1.165) is 22.0 Å². The van der Waals surface area contributed by atoms with Gasteiger partial charge in [0.05, 0.1) is 18.5 Å². The summed E-state index contributed by atoms with van der Waals surface area (Å²) in [6.07, 6.45) is 1.60. The number of hydrazone groups is 1. The normalized spacial score (nSPS) is 11.2. The highest BCUT2D eigenvalue weighted by atomic mass is 16.6. The quantitative estimate of drug-likeness (QED) is 0.275. The summed E-state index contributed by atoms with van der Waals surface area (Å²) in [6.45, 7) is 0.277. The minimum absolute atomic E-state index is 0.0273. The van der Waals surface area contributed by atoms with E-state index in [-0.39, 0.29) is 23.9 Å². The molecule has 3 N–H and O–H groups in total. The number of hydrogen-bond acceptors (Lipinski definition) is 9. The standard InChI is InChI=1S/C24H21N9O2/c1-32(18-11-3-2-4-12-18)15-20-21(27-31-33(20)23-22(25)29-35-30-23)24(34)28-26-14-17-10-7-9-16-8-5-6-13-19(16)17/h2-14H,15H2,1H3,(H2,25,29)(H,28,34). The number of fused-ring (bicyclic) bond motifs is 1. The topological polar surface area (TPSA) is 140 Å². The van der Waals surface area contributed by atoms with E-state index < -0.39 is 5.91 Å². The third kappa shape index (κ3) is 4.42. The highest BCUT2D eigenvalue weighted by molar-refractivity contribution is 6.00. The van der Waals surface area contributed by atoms with Crippen molar-refractivity contribution in [1.29, 1.82) is 0 Å². The van der Waals surface area contributed by atoms with Gasteiger partial charge in [-0.3, -0.25) is 4.79 Å². The number of nitrogens with zero attached hydrogens (tertiary/aromatic N) is 7. The second kappa shape index (κ2) is 9.43. The number of amides is 1. The predicted molar refractivity (Wildman–Crippen MR) is 131 cm³/mol. The van der Waals surface area contributed by atoms with E-state index in [1.165, 1.54) is 4.68 Å². The maximum Gasteiger partial charge on any atom is 0.293 e. The molecule has 3 aromatic carbocycles. The van der Waals surface area contributed by atoms with Crippen LogP contribution in [0.4, 0.5) is 11.5 Å². The van der Waals surface area contributed by atoms with Gasteiger partial charge < -0.3 is 10.6 Å². The molecular weight excluding hydrogens is 446 g/mol. The smallest absolute Gasteiger partial charge is 0.293 e. The summed E-state index contributed by atoms with van der Waals surface area (Å²) in [5.41, 5.74) is 10.7. The van der Waals surface area contributed by atoms with E-state index in [0.29, 0.717) is 5.69 Å². The number of nitrogen functional groups attached to an aromatic ring is 1. The van der Waals surface area contributed by atoms with Gasteiger partial charge in [0, 0.05) is 18.3 Å². The van der Waals surface area contributed by atoms with E-state index in [1.807, 2.05) is 84.7 Å². The van der Waals surface area contributed by atoms with Crippen molar-refractivity contribution in [2.75, 3.05) is 17.7 Å². The van der Waals surface area contributed by atoms with Gasteiger partial charge in [-0.2, -0.15) is 9.78 Å². The van der Waals surface area contributed by atoms with Crippen LogP contribution in [0.2, 0.25) is 0 Å². The average Bonchev–Trinajstić information content (AvgIpc) is 3.50. The molecule has 0 fully saturated rings. The summed E-state index contributed by atoms with van der Waals surface area (Å²) in [7, 11) is 1.89. The maximum atomic E-state index is 13.1. The first-order valence-corrected chi connectivity index (χ1v) is 10.7. The monoisotopic (exact) mass is 467 g/mol. The fourth-order valence-corrected chi connectivity index (χ4v) is 3.70. The molecule has 11 heteroatoms. The van der Waals surface area contributed by atoms with Crippen molar-refractivity contribution in [3.8, 4) is 5.82 Å². The first kappa shape index (κ1) is 21.8. The van der Waals surface area contributed by atoms with E-state index >= 15 is 0 Å². The van der Waals surface area contributed by atoms with Crippen molar-refractivity contribution < 1.29 is 9.42 Å². The Bertz CT molecular complexity index is 1500. The molecule has 0 atom stereocenters. The first-order chi connectivity index (χ1) is 17.1. The third-order valence-electron chi connectivity index (χ3n) is 5.45. The zero-order valence-corrected chi connectivity index (χ0v) is 18.7. The second-order valence-electron chi connectivity index (χ2n) is 7.73. The second-order valence-corrected chi connectivity index (χ2v) is 7.73. The molecule has 0 aliphatic rings. The Morgan fingerprint density at radius 1 is 1.09 bits per heavy atom. The number of aromatic nitrogens is 5. The molecular formula is C24H21N9O2. The number of nitrogens with one attached hydrogen (secondary N) is 1. The molecule has 0 bridgehead atoms. The average molecular weight is 467 g/mol. The highest BCUT2D eigenvalue weighted by Gasteiger charge is 2.25. The zero-order chi connectivity index (χ0) is 24.2. The Hall–Kier alpha value is -5.06. The fourth-order valence-electron chi connectivity index (χ4n) is 3.70. The maximum absolute atomic E-state index is 13.1. The van der Waals surface area contributed by atoms with E-state index in [1.54, 1.807) is 6.21 Å².